The Morgan fingerprint density at radius 2 is 1.68 bits per heavy atom. The molecule has 7 nitrogen and oxygen atoms in total. The van der Waals surface area contributed by atoms with E-state index >= 15 is 0 Å². The minimum atomic E-state index is -1.54. The summed E-state index contributed by atoms with van der Waals surface area (Å²) in [7, 11) is 0. The predicted molar refractivity (Wildman–Crippen MR) is 136 cm³/mol. The van der Waals surface area contributed by atoms with E-state index in [9.17, 15) is 22.4 Å². The molecule has 0 spiro atoms. The molecular formula is C26H28F4N6O. The number of pyridine rings is 1. The molecule has 4 rings (SSSR count). The van der Waals surface area contributed by atoms with Crippen LogP contribution >= 0.6 is 0 Å². The fourth-order valence-corrected chi connectivity index (χ4v) is 4.23. The first-order valence-corrected chi connectivity index (χ1v) is 12.0. The summed E-state index contributed by atoms with van der Waals surface area (Å²) in [6.07, 6.45) is 2.90. The molecule has 0 radical (unpaired) electrons. The summed E-state index contributed by atoms with van der Waals surface area (Å²) < 4.78 is 55.9. The van der Waals surface area contributed by atoms with Crippen LogP contribution in [0.4, 0.5) is 29.1 Å². The van der Waals surface area contributed by atoms with Crippen LogP contribution in [0.1, 0.15) is 24.0 Å². The van der Waals surface area contributed by atoms with E-state index in [0.717, 1.165) is 32.0 Å². The van der Waals surface area contributed by atoms with Crippen molar-refractivity contribution in [1.29, 1.82) is 0 Å². The maximum atomic E-state index is 14.9. The highest BCUT2D eigenvalue weighted by atomic mass is 19.2. The molecule has 11 heteroatoms. The van der Waals surface area contributed by atoms with Crippen LogP contribution in [0.15, 0.2) is 46.3 Å². The Bertz CT molecular complexity index is 1370. The summed E-state index contributed by atoms with van der Waals surface area (Å²) in [5, 5.41) is 2.73. The molecule has 196 valence electrons. The first kappa shape index (κ1) is 26.5. The Kier molecular flexibility index (Phi) is 8.37. The van der Waals surface area contributed by atoms with Crippen LogP contribution in [0.5, 0.6) is 0 Å². The van der Waals surface area contributed by atoms with E-state index in [0.29, 0.717) is 30.8 Å². The van der Waals surface area contributed by atoms with Crippen LogP contribution in [0.3, 0.4) is 0 Å². The molecule has 3 aromatic rings. The largest absolute Gasteiger partial charge is 0.346 e. The molecule has 1 aliphatic rings. The monoisotopic (exact) mass is 516 g/mol. The Balaban J connectivity index is 1.50. The van der Waals surface area contributed by atoms with Gasteiger partial charge in [-0.15, -0.1) is 0 Å². The first-order valence-electron chi connectivity index (χ1n) is 12.0. The smallest absolute Gasteiger partial charge is 0.194 e. The number of halogens is 4. The third-order valence-corrected chi connectivity index (χ3v) is 6.15. The number of rotatable bonds is 10. The minimum absolute atomic E-state index is 0.0446. The van der Waals surface area contributed by atoms with Crippen LogP contribution < -0.4 is 22.2 Å². The number of amidine groups is 1. The van der Waals surface area contributed by atoms with Gasteiger partial charge in [0.2, 0.25) is 0 Å². The molecule has 0 bridgehead atoms. The second-order valence-electron chi connectivity index (χ2n) is 8.84. The minimum Gasteiger partial charge on any atom is -0.346 e. The Morgan fingerprint density at radius 3 is 2.32 bits per heavy atom. The average Bonchev–Trinajstić information content (AvgIpc) is 3.27. The second kappa shape index (κ2) is 11.7. The Labute approximate surface area is 211 Å². The third-order valence-electron chi connectivity index (χ3n) is 6.15. The molecule has 1 aliphatic heterocycles. The van der Waals surface area contributed by atoms with Gasteiger partial charge in [-0.25, -0.2) is 22.6 Å². The normalized spacial score (nSPS) is 13.9. The van der Waals surface area contributed by atoms with Crippen LogP contribution in [-0.4, -0.2) is 41.9 Å². The zero-order valence-electron chi connectivity index (χ0n) is 20.1. The SMILES string of the molecule is NCCCN(CCCN)Cc1ccc(-c2c[nH]c(N=C3Cc4c(cc(F)c(F)c4F)N3)cc2=O)cc1F. The number of fused-ring (bicyclic) bond motifs is 1. The lowest BCUT2D eigenvalue weighted by molar-refractivity contribution is 0.258. The van der Waals surface area contributed by atoms with Crippen molar-refractivity contribution in [3.8, 4) is 11.1 Å². The van der Waals surface area contributed by atoms with Crippen molar-refractivity contribution >= 4 is 17.3 Å². The number of nitrogens with one attached hydrogen (secondary N) is 2. The highest BCUT2D eigenvalue weighted by molar-refractivity contribution is 6.04. The van der Waals surface area contributed by atoms with Gasteiger partial charge in [-0.2, -0.15) is 0 Å². The number of hydrogen-bond acceptors (Lipinski definition) is 5. The molecule has 37 heavy (non-hydrogen) atoms. The summed E-state index contributed by atoms with van der Waals surface area (Å²) in [4.78, 5) is 21.9. The molecule has 6 N–H and O–H groups in total. The highest BCUT2D eigenvalue weighted by Crippen LogP contribution is 2.30. The van der Waals surface area contributed by atoms with Crippen molar-refractivity contribution in [1.82, 2.24) is 9.88 Å². The molecule has 0 fully saturated rings. The van der Waals surface area contributed by atoms with Crippen molar-refractivity contribution in [3.05, 3.63) is 81.1 Å². The number of nitrogens with two attached hydrogens (primary N) is 2. The standard InChI is InChI=1S/C26H28F4N6O/c27-19-9-15(3-4-16(19)14-36(7-1-5-31)8-2-6-32)18-13-33-23(12-22(18)37)35-24-10-17-21(34-24)11-20(28)26(30)25(17)29/h3-4,9,11-13H,1-2,5-8,10,14,31-32H2,(H2,33,34,35,37). The van der Waals surface area contributed by atoms with Gasteiger partial charge in [0, 0.05) is 53.7 Å². The summed E-state index contributed by atoms with van der Waals surface area (Å²) in [5.74, 6) is -4.19. The number of benzene rings is 2. The molecule has 0 atom stereocenters. The molecule has 2 heterocycles. The number of hydrogen-bond donors (Lipinski definition) is 4. The topological polar surface area (TPSA) is 113 Å². The van der Waals surface area contributed by atoms with E-state index in [2.05, 4.69) is 20.2 Å². The maximum absolute atomic E-state index is 14.9. The summed E-state index contributed by atoms with van der Waals surface area (Å²) in [5.41, 5.74) is 12.0. The van der Waals surface area contributed by atoms with Gasteiger partial charge in [0.25, 0.3) is 0 Å². The highest BCUT2D eigenvalue weighted by Gasteiger charge is 2.25. The van der Waals surface area contributed by atoms with Gasteiger partial charge in [-0.05, 0) is 50.7 Å². The van der Waals surface area contributed by atoms with Crippen molar-refractivity contribution in [2.24, 2.45) is 16.5 Å². The van der Waals surface area contributed by atoms with Crippen LogP contribution in [0, 0.1) is 23.3 Å². The van der Waals surface area contributed by atoms with Gasteiger partial charge in [0.1, 0.15) is 17.5 Å². The lowest BCUT2D eigenvalue weighted by Gasteiger charge is -2.22. The number of aromatic amines is 1. The average molecular weight is 517 g/mol. The van der Waals surface area contributed by atoms with E-state index in [-0.39, 0.29) is 34.9 Å². The second-order valence-corrected chi connectivity index (χ2v) is 8.84. The zero-order valence-corrected chi connectivity index (χ0v) is 20.1. The molecule has 2 aromatic carbocycles. The molecular weight excluding hydrogens is 488 g/mol. The van der Waals surface area contributed by atoms with E-state index in [4.69, 9.17) is 11.5 Å². The molecule has 0 aliphatic carbocycles. The summed E-state index contributed by atoms with van der Waals surface area (Å²) in [6, 6.07) is 6.73. The molecule has 0 amide bonds. The number of nitrogens with zero attached hydrogens (tertiary/aromatic N) is 2. The fourth-order valence-electron chi connectivity index (χ4n) is 4.23. The van der Waals surface area contributed by atoms with Gasteiger partial charge >= 0.3 is 0 Å². The molecule has 1 aromatic heterocycles. The number of anilines is 1. The molecule has 0 saturated heterocycles. The maximum Gasteiger partial charge on any atom is 0.194 e. The van der Waals surface area contributed by atoms with Crippen LogP contribution in [-0.2, 0) is 13.0 Å². The Hall–Kier alpha value is -3.54. The van der Waals surface area contributed by atoms with Gasteiger partial charge < -0.3 is 21.8 Å². The van der Waals surface area contributed by atoms with E-state index in [1.807, 2.05) is 0 Å². The van der Waals surface area contributed by atoms with Crippen molar-refractivity contribution in [2.45, 2.75) is 25.8 Å². The van der Waals surface area contributed by atoms with Crippen molar-refractivity contribution in [3.63, 3.8) is 0 Å². The van der Waals surface area contributed by atoms with E-state index in [1.165, 1.54) is 18.3 Å². The van der Waals surface area contributed by atoms with Gasteiger partial charge in [-0.1, -0.05) is 12.1 Å². The van der Waals surface area contributed by atoms with Gasteiger partial charge in [0.05, 0.1) is 0 Å². The number of aliphatic imine (C=N–C) groups is 1. The fraction of sp³-hybridized carbons (Fsp3) is 0.308. The van der Waals surface area contributed by atoms with Gasteiger partial charge in [0.15, 0.2) is 22.9 Å². The summed E-state index contributed by atoms with van der Waals surface area (Å²) in [6.45, 7) is 2.96. The van der Waals surface area contributed by atoms with E-state index < -0.39 is 28.7 Å². The molecule has 0 unspecified atom stereocenters. The zero-order chi connectivity index (χ0) is 26.5. The van der Waals surface area contributed by atoms with Crippen LogP contribution in [0.2, 0.25) is 0 Å². The Morgan fingerprint density at radius 1 is 0.946 bits per heavy atom. The number of H-pyrrole nitrogens is 1. The first-order chi connectivity index (χ1) is 17.8. The lowest BCUT2D eigenvalue weighted by atomic mass is 10.0. The molecule has 0 saturated carbocycles. The predicted octanol–water partition coefficient (Wildman–Crippen LogP) is 3.80. The van der Waals surface area contributed by atoms with E-state index in [1.54, 1.807) is 12.1 Å². The third kappa shape index (κ3) is 6.07. The van der Waals surface area contributed by atoms with Gasteiger partial charge in [-0.3, -0.25) is 9.69 Å². The number of aromatic nitrogens is 1. The van der Waals surface area contributed by atoms with Crippen LogP contribution in [0.25, 0.3) is 11.1 Å². The van der Waals surface area contributed by atoms with Crippen molar-refractivity contribution in [2.75, 3.05) is 31.5 Å². The van der Waals surface area contributed by atoms with Crippen molar-refractivity contribution < 1.29 is 17.6 Å². The lowest BCUT2D eigenvalue weighted by Crippen LogP contribution is -2.28. The quantitative estimate of drug-likeness (QED) is 0.242. The summed E-state index contributed by atoms with van der Waals surface area (Å²) >= 11 is 0.